The van der Waals surface area contributed by atoms with Gasteiger partial charge >= 0.3 is 5.97 Å². The van der Waals surface area contributed by atoms with Crippen LogP contribution in [0.25, 0.3) is 0 Å². The van der Waals surface area contributed by atoms with Crippen LogP contribution in [0.15, 0.2) is 66.7 Å². The molecule has 3 aromatic rings. The number of hydrogen-bond acceptors (Lipinski definition) is 5. The quantitative estimate of drug-likeness (QED) is 0.579. The first-order valence-corrected chi connectivity index (χ1v) is 10.4. The van der Waals surface area contributed by atoms with Crippen LogP contribution in [0.5, 0.6) is 0 Å². The zero-order valence-corrected chi connectivity index (χ0v) is 19.0. The van der Waals surface area contributed by atoms with E-state index in [1.54, 1.807) is 0 Å². The van der Waals surface area contributed by atoms with Crippen LogP contribution in [0.1, 0.15) is 27.0 Å². The molecule has 31 heavy (non-hydrogen) atoms. The molecule has 0 spiro atoms. The first-order valence-electron chi connectivity index (χ1n) is 10.4. The molecule has 0 amide bonds. The van der Waals surface area contributed by atoms with Crippen molar-refractivity contribution in [2.75, 3.05) is 57.0 Å². The van der Waals surface area contributed by atoms with Gasteiger partial charge in [0.25, 0.3) is 0 Å². The Labute approximate surface area is 184 Å². The smallest absolute Gasteiger partial charge is 0.342 e. The predicted molar refractivity (Wildman–Crippen MR) is 128 cm³/mol. The van der Waals surface area contributed by atoms with E-state index in [2.05, 4.69) is 58.3 Å². The minimum Gasteiger partial charge on any atom is -0.441 e. The molecule has 160 valence electrons. The number of rotatable bonds is 5. The molecular formula is C26H29N3O2. The Morgan fingerprint density at radius 1 is 0.645 bits per heavy atom. The summed E-state index contributed by atoms with van der Waals surface area (Å²) in [5.74, 6) is -0.298. The van der Waals surface area contributed by atoms with Crippen molar-refractivity contribution in [2.24, 2.45) is 0 Å². The van der Waals surface area contributed by atoms with E-state index >= 15 is 0 Å². The van der Waals surface area contributed by atoms with Gasteiger partial charge in [-0.3, -0.25) is 0 Å². The third kappa shape index (κ3) is 3.30. The second-order valence-corrected chi connectivity index (χ2v) is 8.55. The molecule has 5 nitrogen and oxygen atoms in total. The maximum Gasteiger partial charge on any atom is 0.342 e. The van der Waals surface area contributed by atoms with Crippen LogP contribution in [0.2, 0.25) is 0 Å². The van der Waals surface area contributed by atoms with Gasteiger partial charge in [-0.1, -0.05) is 36.4 Å². The molecule has 3 aromatic carbocycles. The third-order valence-electron chi connectivity index (χ3n) is 5.93. The van der Waals surface area contributed by atoms with Crippen molar-refractivity contribution in [3.63, 3.8) is 0 Å². The Kier molecular flexibility index (Phi) is 5.13. The molecule has 5 heteroatoms. The van der Waals surface area contributed by atoms with Crippen LogP contribution in [0.4, 0.5) is 17.1 Å². The van der Waals surface area contributed by atoms with Gasteiger partial charge in [0.2, 0.25) is 0 Å². The van der Waals surface area contributed by atoms with Gasteiger partial charge in [-0.05, 0) is 30.3 Å². The Hall–Kier alpha value is -3.47. The fourth-order valence-electron chi connectivity index (χ4n) is 4.25. The second-order valence-electron chi connectivity index (χ2n) is 8.55. The first kappa shape index (κ1) is 20.8. The van der Waals surface area contributed by atoms with E-state index in [1.165, 1.54) is 0 Å². The summed E-state index contributed by atoms with van der Waals surface area (Å²) in [5, 5.41) is 0. The van der Waals surface area contributed by atoms with E-state index in [1.807, 2.05) is 65.4 Å². The van der Waals surface area contributed by atoms with Crippen molar-refractivity contribution < 1.29 is 9.53 Å². The molecule has 0 bridgehead atoms. The number of hydrogen-bond donors (Lipinski definition) is 0. The molecule has 1 aliphatic rings. The lowest BCUT2D eigenvalue weighted by atomic mass is 9.79. The van der Waals surface area contributed by atoms with Gasteiger partial charge in [-0.2, -0.15) is 0 Å². The van der Waals surface area contributed by atoms with Crippen LogP contribution < -0.4 is 14.7 Å². The van der Waals surface area contributed by atoms with E-state index < -0.39 is 5.60 Å². The summed E-state index contributed by atoms with van der Waals surface area (Å²) in [6.07, 6.45) is 0. The number of anilines is 3. The average Bonchev–Trinajstić information content (AvgIpc) is 3.07. The van der Waals surface area contributed by atoms with Gasteiger partial charge in [0, 0.05) is 70.4 Å². The topological polar surface area (TPSA) is 36.0 Å². The lowest BCUT2D eigenvalue weighted by Crippen LogP contribution is -2.29. The summed E-state index contributed by atoms with van der Waals surface area (Å²) in [5.41, 5.74) is 5.41. The van der Waals surface area contributed by atoms with Gasteiger partial charge in [-0.15, -0.1) is 0 Å². The maximum atomic E-state index is 13.2. The Bertz CT molecular complexity index is 1050. The van der Waals surface area contributed by atoms with Crippen molar-refractivity contribution in [1.29, 1.82) is 0 Å². The van der Waals surface area contributed by atoms with E-state index in [-0.39, 0.29) is 5.97 Å². The maximum absolute atomic E-state index is 13.2. The number of fused-ring (bicyclic) bond motifs is 1. The molecule has 0 saturated carbocycles. The minimum absolute atomic E-state index is 0.298. The highest BCUT2D eigenvalue weighted by Crippen LogP contribution is 2.49. The molecule has 0 unspecified atom stereocenters. The average molecular weight is 416 g/mol. The number of nitrogens with zero attached hydrogens (tertiary/aromatic N) is 3. The zero-order valence-electron chi connectivity index (χ0n) is 19.0. The molecule has 0 saturated heterocycles. The summed E-state index contributed by atoms with van der Waals surface area (Å²) in [6.45, 7) is 0. The largest absolute Gasteiger partial charge is 0.441 e. The van der Waals surface area contributed by atoms with Gasteiger partial charge in [0.1, 0.15) is 0 Å². The molecule has 0 N–H and O–H groups in total. The van der Waals surface area contributed by atoms with Crippen LogP contribution in [0, 0.1) is 0 Å². The van der Waals surface area contributed by atoms with Crippen molar-refractivity contribution >= 4 is 23.0 Å². The highest BCUT2D eigenvalue weighted by atomic mass is 16.6. The van der Waals surface area contributed by atoms with E-state index in [4.69, 9.17) is 4.74 Å². The number of benzene rings is 3. The highest BCUT2D eigenvalue weighted by Gasteiger charge is 2.49. The van der Waals surface area contributed by atoms with Crippen LogP contribution in [0.3, 0.4) is 0 Å². The van der Waals surface area contributed by atoms with Gasteiger partial charge in [-0.25, -0.2) is 4.79 Å². The standard InChI is InChI=1S/C26H29N3O2/c1-27(2)20-14-10-18(11-15-20)26(19-12-16-21(17-13-19)28(3)4)22-8-7-9-23(29(5)6)24(22)25(30)31-26/h7-17H,1-6H3. The summed E-state index contributed by atoms with van der Waals surface area (Å²) in [7, 11) is 11.9. The second kappa shape index (κ2) is 7.65. The molecule has 0 fully saturated rings. The molecular weight excluding hydrogens is 386 g/mol. The Morgan fingerprint density at radius 2 is 1.13 bits per heavy atom. The highest BCUT2D eigenvalue weighted by molar-refractivity contribution is 6.02. The van der Waals surface area contributed by atoms with Gasteiger partial charge < -0.3 is 19.4 Å². The molecule has 0 atom stereocenters. The lowest BCUT2D eigenvalue weighted by Gasteiger charge is -2.31. The number of cyclic esters (lactones) is 1. The lowest BCUT2D eigenvalue weighted by molar-refractivity contribution is 0.0252. The monoisotopic (exact) mass is 415 g/mol. The van der Waals surface area contributed by atoms with Crippen molar-refractivity contribution in [2.45, 2.75) is 5.60 Å². The number of ether oxygens (including phenoxy) is 1. The van der Waals surface area contributed by atoms with Gasteiger partial charge in [0.15, 0.2) is 5.60 Å². The van der Waals surface area contributed by atoms with Crippen LogP contribution >= 0.6 is 0 Å². The van der Waals surface area contributed by atoms with Crippen LogP contribution in [-0.4, -0.2) is 48.3 Å². The molecule has 0 aromatic heterocycles. The first-order chi connectivity index (χ1) is 14.8. The minimum atomic E-state index is -0.992. The Morgan fingerprint density at radius 3 is 1.55 bits per heavy atom. The van der Waals surface area contributed by atoms with Crippen molar-refractivity contribution in [3.05, 3.63) is 89.0 Å². The van der Waals surface area contributed by atoms with Gasteiger partial charge in [0.05, 0.1) is 11.3 Å². The molecule has 0 aliphatic carbocycles. The van der Waals surface area contributed by atoms with Crippen molar-refractivity contribution in [1.82, 2.24) is 0 Å². The summed E-state index contributed by atoms with van der Waals surface area (Å²) >= 11 is 0. The fraction of sp³-hybridized carbons (Fsp3) is 0.269. The summed E-state index contributed by atoms with van der Waals surface area (Å²) < 4.78 is 6.29. The molecule has 4 rings (SSSR count). The molecule has 0 radical (unpaired) electrons. The number of carbonyl (C=O) groups excluding carboxylic acids is 1. The summed E-state index contributed by atoms with van der Waals surface area (Å²) in [4.78, 5) is 19.3. The zero-order chi connectivity index (χ0) is 22.3. The van der Waals surface area contributed by atoms with E-state index in [9.17, 15) is 4.79 Å². The van der Waals surface area contributed by atoms with Crippen LogP contribution in [-0.2, 0) is 10.3 Å². The summed E-state index contributed by atoms with van der Waals surface area (Å²) in [6, 6.07) is 22.4. The Balaban J connectivity index is 1.98. The fourth-order valence-corrected chi connectivity index (χ4v) is 4.25. The van der Waals surface area contributed by atoms with E-state index in [0.29, 0.717) is 5.56 Å². The SMILES string of the molecule is CN(C)c1ccc(C2(c3ccc(N(C)C)cc3)OC(=O)c3c(N(C)C)cccc32)cc1. The number of esters is 1. The third-order valence-corrected chi connectivity index (χ3v) is 5.93. The van der Waals surface area contributed by atoms with Crippen molar-refractivity contribution in [3.8, 4) is 0 Å². The normalized spacial score (nSPS) is 14.1. The number of carbonyl (C=O) groups is 1. The van der Waals surface area contributed by atoms with E-state index in [0.717, 1.165) is 33.8 Å². The molecule has 1 heterocycles. The predicted octanol–water partition coefficient (Wildman–Crippen LogP) is 4.35. The molecule has 1 aliphatic heterocycles.